The highest BCUT2D eigenvalue weighted by Crippen LogP contribution is 2.12. The van der Waals surface area contributed by atoms with Crippen molar-refractivity contribution in [1.82, 2.24) is 0 Å². The molecule has 0 saturated heterocycles. The van der Waals surface area contributed by atoms with Crippen LogP contribution in [0.3, 0.4) is 0 Å². The molecule has 6 nitrogen and oxygen atoms in total. The van der Waals surface area contributed by atoms with E-state index >= 15 is 0 Å². The quantitative estimate of drug-likeness (QED) is 0.0199. The summed E-state index contributed by atoms with van der Waals surface area (Å²) in [4.78, 5) is 38.1. The maximum atomic E-state index is 12.8. The minimum Gasteiger partial charge on any atom is -0.462 e. The number of hydrogen-bond donors (Lipinski definition) is 0. The van der Waals surface area contributed by atoms with Gasteiger partial charge in [0.05, 0.1) is 0 Å². The van der Waals surface area contributed by atoms with Crippen molar-refractivity contribution in [1.29, 1.82) is 0 Å². The van der Waals surface area contributed by atoms with Crippen molar-refractivity contribution < 1.29 is 28.6 Å². The van der Waals surface area contributed by atoms with Crippen LogP contribution in [-0.4, -0.2) is 37.2 Å². The second kappa shape index (κ2) is 54.4. The first-order chi connectivity index (χ1) is 33.5. The summed E-state index contributed by atoms with van der Waals surface area (Å²) in [5.41, 5.74) is 0. The molecule has 1 unspecified atom stereocenters. The molecule has 0 heterocycles. The van der Waals surface area contributed by atoms with Gasteiger partial charge in [-0.3, -0.25) is 14.4 Å². The number of hydrogen-bond acceptors (Lipinski definition) is 6. The van der Waals surface area contributed by atoms with E-state index in [1.807, 2.05) is 72.9 Å². The van der Waals surface area contributed by atoms with Crippen molar-refractivity contribution in [2.75, 3.05) is 13.2 Å². The molecule has 68 heavy (non-hydrogen) atoms. The molecule has 0 aliphatic rings. The molecule has 0 saturated carbocycles. The topological polar surface area (TPSA) is 78.9 Å². The van der Waals surface area contributed by atoms with Crippen LogP contribution in [0.4, 0.5) is 0 Å². The predicted octanol–water partition coefficient (Wildman–Crippen LogP) is 17.6. The van der Waals surface area contributed by atoms with Crippen molar-refractivity contribution in [3.63, 3.8) is 0 Å². The van der Waals surface area contributed by atoms with Gasteiger partial charge >= 0.3 is 17.9 Å². The smallest absolute Gasteiger partial charge is 0.306 e. The van der Waals surface area contributed by atoms with Crippen LogP contribution in [0.25, 0.3) is 0 Å². The van der Waals surface area contributed by atoms with Crippen LogP contribution < -0.4 is 0 Å². The number of unbranched alkanes of at least 4 members (excludes halogenated alkanes) is 13. The molecule has 0 aliphatic carbocycles. The molecule has 0 bridgehead atoms. The summed E-state index contributed by atoms with van der Waals surface area (Å²) in [6.45, 7) is 6.14. The maximum absolute atomic E-state index is 12.8. The molecule has 0 spiro atoms. The first-order valence-electron chi connectivity index (χ1n) is 26.3. The van der Waals surface area contributed by atoms with E-state index in [9.17, 15) is 14.4 Å². The zero-order valence-electron chi connectivity index (χ0n) is 42.8. The maximum Gasteiger partial charge on any atom is 0.306 e. The van der Waals surface area contributed by atoms with Crippen LogP contribution in [0.1, 0.15) is 181 Å². The summed E-state index contributed by atoms with van der Waals surface area (Å²) in [5, 5.41) is 0. The second-order valence-corrected chi connectivity index (χ2v) is 16.5. The Morgan fingerprint density at radius 3 is 1.01 bits per heavy atom. The molecule has 0 aromatic carbocycles. The normalized spacial score (nSPS) is 13.5. The molecule has 0 N–H and O–H groups in total. The van der Waals surface area contributed by atoms with Gasteiger partial charge in [0, 0.05) is 19.3 Å². The lowest BCUT2D eigenvalue weighted by Crippen LogP contribution is -2.30. The summed E-state index contributed by atoms with van der Waals surface area (Å²) in [7, 11) is 0. The van der Waals surface area contributed by atoms with Crippen LogP contribution >= 0.6 is 0 Å². The van der Waals surface area contributed by atoms with Crippen LogP contribution in [0.5, 0.6) is 0 Å². The minimum atomic E-state index is -0.829. The van der Waals surface area contributed by atoms with Gasteiger partial charge in [-0.15, -0.1) is 0 Å². The summed E-state index contributed by atoms with van der Waals surface area (Å²) in [5.74, 6) is -1.03. The van der Waals surface area contributed by atoms with E-state index in [0.717, 1.165) is 109 Å². The fourth-order valence-electron chi connectivity index (χ4n) is 6.36. The molecule has 0 aliphatic heterocycles. The molecule has 6 heteroatoms. The molecular weight excluding hydrogens is 841 g/mol. The Kier molecular flexibility index (Phi) is 50.2. The van der Waals surface area contributed by atoms with E-state index in [1.165, 1.54) is 19.3 Å². The largest absolute Gasteiger partial charge is 0.462 e. The van der Waals surface area contributed by atoms with E-state index in [4.69, 9.17) is 14.2 Å². The van der Waals surface area contributed by atoms with Gasteiger partial charge < -0.3 is 14.2 Å². The van der Waals surface area contributed by atoms with Gasteiger partial charge in [0.2, 0.25) is 0 Å². The Balaban J connectivity index is 4.61. The molecule has 0 fully saturated rings. The molecule has 0 radical (unpaired) electrons. The Hall–Kier alpha value is -5.23. The highest BCUT2D eigenvalue weighted by molar-refractivity contribution is 5.71. The van der Waals surface area contributed by atoms with Crippen molar-refractivity contribution in [3.05, 3.63) is 170 Å². The second-order valence-electron chi connectivity index (χ2n) is 16.5. The zero-order chi connectivity index (χ0) is 49.3. The summed E-state index contributed by atoms with van der Waals surface area (Å²) < 4.78 is 16.7. The van der Waals surface area contributed by atoms with Gasteiger partial charge in [-0.2, -0.15) is 0 Å². The number of esters is 3. The Morgan fingerprint density at radius 1 is 0.309 bits per heavy atom. The third-order valence-electron chi connectivity index (χ3n) is 10.2. The third-order valence-corrected chi connectivity index (χ3v) is 10.2. The van der Waals surface area contributed by atoms with Crippen molar-refractivity contribution in [2.24, 2.45) is 0 Å². The standard InChI is InChI=1S/C62H92O6/c1-4-7-10-13-16-19-22-25-28-30-31-32-35-37-40-43-46-49-52-55-61(64)67-58-59(57-66-60(63)54-51-48-45-42-39-36-33-27-24-21-18-15-12-9-6-3)68-62(65)56-53-50-47-44-41-38-34-29-26-23-20-17-14-11-8-5-2/h7-13,15-22,24-26,28-32,35,37-38,40-41,59H,4-6,14,23,27,33-34,36,39,42-58H2,1-3H3/b10-7-,11-8-,12-9-,16-13-,18-15-,20-17-,22-19-,24-21-,28-25-,29-26-,31-30+,35-32-,40-37-,41-38-. The highest BCUT2D eigenvalue weighted by Gasteiger charge is 2.19. The average molecular weight is 933 g/mol. The molecule has 0 aromatic heterocycles. The van der Waals surface area contributed by atoms with Gasteiger partial charge in [-0.1, -0.05) is 236 Å². The Labute approximate surface area is 415 Å². The van der Waals surface area contributed by atoms with Crippen LogP contribution in [0.15, 0.2) is 170 Å². The molecule has 0 amide bonds. The first kappa shape index (κ1) is 62.8. The number of carbonyl (C=O) groups is 3. The van der Waals surface area contributed by atoms with Gasteiger partial charge in [0.15, 0.2) is 6.10 Å². The third kappa shape index (κ3) is 51.7. The number of rotatable bonds is 44. The lowest BCUT2D eigenvalue weighted by Gasteiger charge is -2.18. The van der Waals surface area contributed by atoms with Gasteiger partial charge in [-0.25, -0.2) is 0 Å². The summed E-state index contributed by atoms with van der Waals surface area (Å²) in [6, 6.07) is 0. The van der Waals surface area contributed by atoms with Crippen molar-refractivity contribution in [3.8, 4) is 0 Å². The van der Waals surface area contributed by atoms with Crippen molar-refractivity contribution in [2.45, 2.75) is 187 Å². The van der Waals surface area contributed by atoms with E-state index in [0.29, 0.717) is 19.3 Å². The first-order valence-corrected chi connectivity index (χ1v) is 26.3. The zero-order valence-corrected chi connectivity index (χ0v) is 42.8. The Morgan fingerprint density at radius 2 is 0.603 bits per heavy atom. The van der Waals surface area contributed by atoms with E-state index in [1.54, 1.807) is 0 Å². The van der Waals surface area contributed by atoms with E-state index < -0.39 is 6.10 Å². The fraction of sp³-hybridized carbons (Fsp3) is 0.500. The van der Waals surface area contributed by atoms with Crippen LogP contribution in [-0.2, 0) is 28.6 Å². The molecular formula is C62H92O6. The fourth-order valence-corrected chi connectivity index (χ4v) is 6.36. The minimum absolute atomic E-state index is 0.122. The van der Waals surface area contributed by atoms with E-state index in [-0.39, 0.29) is 44.0 Å². The lowest BCUT2D eigenvalue weighted by molar-refractivity contribution is -0.167. The summed E-state index contributed by atoms with van der Waals surface area (Å²) >= 11 is 0. The van der Waals surface area contributed by atoms with Crippen molar-refractivity contribution >= 4 is 17.9 Å². The number of ether oxygens (including phenoxy) is 3. The predicted molar refractivity (Wildman–Crippen MR) is 292 cm³/mol. The lowest BCUT2D eigenvalue weighted by atomic mass is 10.1. The molecule has 0 aromatic rings. The summed E-state index contributed by atoms with van der Waals surface area (Å²) in [6.07, 6.45) is 80.4. The number of carbonyl (C=O) groups excluding carboxylic acids is 3. The molecule has 0 rings (SSSR count). The van der Waals surface area contributed by atoms with E-state index in [2.05, 4.69) is 118 Å². The molecule has 1 atom stereocenters. The van der Waals surface area contributed by atoms with Gasteiger partial charge in [-0.05, 0) is 96.3 Å². The highest BCUT2D eigenvalue weighted by atomic mass is 16.6. The van der Waals surface area contributed by atoms with Crippen LogP contribution in [0.2, 0.25) is 0 Å². The Bertz CT molecular complexity index is 1640. The molecule has 376 valence electrons. The SMILES string of the molecule is CC\C=C/C=C\C=C/C=C\C=C\C=C/C=C\CCCCCC(=O)OCC(COC(=O)CCCCCCCCC\C=C/C=C\C=C/CC)OC(=O)CCCCC/C=C\C/C=C\C/C=C\C/C=C\CC. The van der Waals surface area contributed by atoms with Gasteiger partial charge in [0.1, 0.15) is 13.2 Å². The average Bonchev–Trinajstić information content (AvgIpc) is 3.34. The van der Waals surface area contributed by atoms with Crippen LogP contribution in [0, 0.1) is 0 Å². The van der Waals surface area contributed by atoms with Gasteiger partial charge in [0.25, 0.3) is 0 Å². The number of allylic oxidation sites excluding steroid dienone is 28. The monoisotopic (exact) mass is 933 g/mol.